The van der Waals surface area contributed by atoms with E-state index >= 15 is 0 Å². The van der Waals surface area contributed by atoms with Gasteiger partial charge in [0.15, 0.2) is 5.96 Å². The predicted molar refractivity (Wildman–Crippen MR) is 103 cm³/mol. The molecule has 0 saturated heterocycles. The summed E-state index contributed by atoms with van der Waals surface area (Å²) in [6.07, 6.45) is 1.14. The van der Waals surface area contributed by atoms with Gasteiger partial charge in [0.25, 0.3) is 0 Å². The highest BCUT2D eigenvalue weighted by atomic mass is 127. The van der Waals surface area contributed by atoms with E-state index in [2.05, 4.69) is 58.4 Å². The second kappa shape index (κ2) is 7.49. The van der Waals surface area contributed by atoms with Crippen molar-refractivity contribution in [1.29, 1.82) is 0 Å². The van der Waals surface area contributed by atoms with Crippen LogP contribution in [0.3, 0.4) is 0 Å². The highest BCUT2D eigenvalue weighted by Gasteiger charge is 2.17. The molecular formula is C17H21IN4. The fraction of sp³-hybridized carbons (Fsp3) is 0.235. The zero-order valence-electron chi connectivity index (χ0n) is 12.4. The normalized spacial score (nSPS) is 12.5. The highest BCUT2D eigenvalue weighted by molar-refractivity contribution is 14.0. The minimum atomic E-state index is 0. The molecule has 2 aromatic carbocycles. The van der Waals surface area contributed by atoms with E-state index in [9.17, 15) is 0 Å². The molecule has 0 spiro atoms. The number of anilines is 1. The first-order valence-electron chi connectivity index (χ1n) is 7.18. The van der Waals surface area contributed by atoms with E-state index < -0.39 is 0 Å². The summed E-state index contributed by atoms with van der Waals surface area (Å²) >= 11 is 0. The van der Waals surface area contributed by atoms with Crippen molar-refractivity contribution in [2.75, 3.05) is 11.4 Å². The van der Waals surface area contributed by atoms with Crippen LogP contribution in [0.15, 0.2) is 53.5 Å². The molecule has 0 atom stereocenters. The van der Waals surface area contributed by atoms with Crippen molar-refractivity contribution in [3.8, 4) is 0 Å². The van der Waals surface area contributed by atoms with Gasteiger partial charge in [0.2, 0.25) is 0 Å². The van der Waals surface area contributed by atoms with Gasteiger partial charge < -0.3 is 16.4 Å². The third-order valence-electron chi connectivity index (χ3n) is 3.82. The maximum atomic E-state index is 5.35. The number of benzene rings is 2. The maximum Gasteiger partial charge on any atom is 0.186 e. The molecule has 1 aliphatic rings. The van der Waals surface area contributed by atoms with Gasteiger partial charge in [-0.1, -0.05) is 42.5 Å². The second-order valence-corrected chi connectivity index (χ2v) is 5.36. The Kier molecular flexibility index (Phi) is 5.65. The molecule has 0 amide bonds. The van der Waals surface area contributed by atoms with Gasteiger partial charge in [0.05, 0.1) is 6.54 Å². The van der Waals surface area contributed by atoms with Gasteiger partial charge in [0.1, 0.15) is 0 Å². The summed E-state index contributed by atoms with van der Waals surface area (Å²) in [7, 11) is 0. The van der Waals surface area contributed by atoms with Crippen LogP contribution in [-0.2, 0) is 19.5 Å². The molecule has 0 radical (unpaired) electrons. The van der Waals surface area contributed by atoms with Crippen molar-refractivity contribution in [2.45, 2.75) is 19.5 Å². The summed E-state index contributed by atoms with van der Waals surface area (Å²) in [4.78, 5) is 6.45. The Hall–Kier alpha value is -1.76. The average molecular weight is 408 g/mol. The SMILES string of the molecule is I.NC(N)=NCc1ccc(CN2CCc3ccccc32)cc1. The van der Waals surface area contributed by atoms with Gasteiger partial charge in [-0.15, -0.1) is 24.0 Å². The van der Waals surface area contributed by atoms with Crippen LogP contribution in [0.5, 0.6) is 0 Å². The number of hydrogen-bond acceptors (Lipinski definition) is 2. The number of nitrogens with zero attached hydrogens (tertiary/aromatic N) is 2. The molecule has 0 aliphatic carbocycles. The summed E-state index contributed by atoms with van der Waals surface area (Å²) in [5.41, 5.74) is 15.9. The van der Waals surface area contributed by atoms with Crippen molar-refractivity contribution >= 4 is 35.6 Å². The number of nitrogens with two attached hydrogens (primary N) is 2. The number of aliphatic imine (C=N–C) groups is 1. The fourth-order valence-corrected chi connectivity index (χ4v) is 2.72. The van der Waals surface area contributed by atoms with Gasteiger partial charge in [-0.05, 0) is 29.2 Å². The van der Waals surface area contributed by atoms with Gasteiger partial charge in [-0.2, -0.15) is 0 Å². The van der Waals surface area contributed by atoms with Gasteiger partial charge in [-0.3, -0.25) is 0 Å². The summed E-state index contributed by atoms with van der Waals surface area (Å²) in [5, 5.41) is 0. The van der Waals surface area contributed by atoms with E-state index in [0.717, 1.165) is 25.1 Å². The Labute approximate surface area is 148 Å². The fourth-order valence-electron chi connectivity index (χ4n) is 2.72. The lowest BCUT2D eigenvalue weighted by Crippen LogP contribution is -2.22. The third-order valence-corrected chi connectivity index (χ3v) is 3.82. The molecule has 0 aromatic heterocycles. The largest absolute Gasteiger partial charge is 0.370 e. The number of guanidine groups is 1. The summed E-state index contributed by atoms with van der Waals surface area (Å²) < 4.78 is 0. The van der Waals surface area contributed by atoms with Crippen LogP contribution in [0.2, 0.25) is 0 Å². The average Bonchev–Trinajstić information content (AvgIpc) is 2.90. The quantitative estimate of drug-likeness (QED) is 0.465. The number of rotatable bonds is 4. The molecule has 1 aliphatic heterocycles. The molecular weight excluding hydrogens is 387 g/mol. The Morgan fingerprint density at radius 3 is 2.41 bits per heavy atom. The molecule has 0 bridgehead atoms. The molecule has 116 valence electrons. The minimum Gasteiger partial charge on any atom is -0.370 e. The van der Waals surface area contributed by atoms with Crippen LogP contribution in [0.4, 0.5) is 5.69 Å². The van der Waals surface area contributed by atoms with Crippen LogP contribution in [0.25, 0.3) is 0 Å². The Bertz CT molecular complexity index is 648. The number of para-hydroxylation sites is 1. The zero-order chi connectivity index (χ0) is 14.7. The summed E-state index contributed by atoms with van der Waals surface area (Å²) in [6.45, 7) is 2.57. The predicted octanol–water partition coefficient (Wildman–Crippen LogP) is 2.64. The van der Waals surface area contributed by atoms with E-state index in [1.807, 2.05) is 0 Å². The molecule has 0 saturated carbocycles. The molecule has 0 unspecified atom stereocenters. The van der Waals surface area contributed by atoms with Gasteiger partial charge in [-0.25, -0.2) is 4.99 Å². The lowest BCUT2D eigenvalue weighted by Gasteiger charge is -2.19. The zero-order valence-corrected chi connectivity index (χ0v) is 14.7. The third kappa shape index (κ3) is 3.91. The molecule has 2 aromatic rings. The van der Waals surface area contributed by atoms with Crippen LogP contribution in [0.1, 0.15) is 16.7 Å². The van der Waals surface area contributed by atoms with E-state index in [-0.39, 0.29) is 29.9 Å². The van der Waals surface area contributed by atoms with Crippen LogP contribution in [0, 0.1) is 0 Å². The summed E-state index contributed by atoms with van der Waals surface area (Å²) in [6, 6.07) is 17.1. The number of halogens is 1. The Balaban J connectivity index is 0.00000176. The molecule has 1 heterocycles. The van der Waals surface area contributed by atoms with Gasteiger partial charge >= 0.3 is 0 Å². The highest BCUT2D eigenvalue weighted by Crippen LogP contribution is 2.28. The van der Waals surface area contributed by atoms with Crippen molar-refractivity contribution in [3.05, 3.63) is 65.2 Å². The van der Waals surface area contributed by atoms with E-state index in [1.165, 1.54) is 16.8 Å². The van der Waals surface area contributed by atoms with Crippen molar-refractivity contribution in [1.82, 2.24) is 0 Å². The van der Waals surface area contributed by atoms with Gasteiger partial charge in [0, 0.05) is 18.8 Å². The first kappa shape index (κ1) is 16.6. The van der Waals surface area contributed by atoms with Crippen LogP contribution < -0.4 is 16.4 Å². The summed E-state index contributed by atoms with van der Waals surface area (Å²) in [5.74, 6) is 0.132. The van der Waals surface area contributed by atoms with Crippen LogP contribution >= 0.6 is 24.0 Å². The van der Waals surface area contributed by atoms with Crippen molar-refractivity contribution in [3.63, 3.8) is 0 Å². The molecule has 22 heavy (non-hydrogen) atoms. The van der Waals surface area contributed by atoms with E-state index in [1.54, 1.807) is 0 Å². The molecule has 0 fully saturated rings. The standard InChI is InChI=1S/C17H20N4.HI/c18-17(19)20-11-13-5-7-14(8-6-13)12-21-10-9-15-3-1-2-4-16(15)21;/h1-8H,9-12H2,(H4,18,19,20);1H. The molecule has 4 N–H and O–H groups in total. The Morgan fingerprint density at radius 1 is 1.00 bits per heavy atom. The lowest BCUT2D eigenvalue weighted by molar-refractivity contribution is 0.835. The van der Waals surface area contributed by atoms with E-state index in [4.69, 9.17) is 11.5 Å². The monoisotopic (exact) mass is 408 g/mol. The first-order chi connectivity index (χ1) is 10.2. The minimum absolute atomic E-state index is 0. The maximum absolute atomic E-state index is 5.35. The molecule has 3 rings (SSSR count). The smallest absolute Gasteiger partial charge is 0.186 e. The first-order valence-corrected chi connectivity index (χ1v) is 7.18. The lowest BCUT2D eigenvalue weighted by atomic mass is 10.1. The topological polar surface area (TPSA) is 67.6 Å². The van der Waals surface area contributed by atoms with Crippen molar-refractivity contribution in [2.24, 2.45) is 16.5 Å². The van der Waals surface area contributed by atoms with Crippen LogP contribution in [-0.4, -0.2) is 12.5 Å². The van der Waals surface area contributed by atoms with Crippen molar-refractivity contribution < 1.29 is 0 Å². The van der Waals surface area contributed by atoms with E-state index in [0.29, 0.717) is 6.54 Å². The molecule has 5 heteroatoms. The number of hydrogen-bond donors (Lipinski definition) is 2. The second-order valence-electron chi connectivity index (χ2n) is 5.36. The molecule has 4 nitrogen and oxygen atoms in total. The Morgan fingerprint density at radius 2 is 1.68 bits per heavy atom. The number of fused-ring (bicyclic) bond motifs is 1.